The first-order valence-corrected chi connectivity index (χ1v) is 7.07. The van der Waals surface area contributed by atoms with E-state index in [-0.39, 0.29) is 17.1 Å². The average molecular weight is 279 g/mol. The van der Waals surface area contributed by atoms with Crippen LogP contribution in [-0.4, -0.2) is 26.9 Å². The van der Waals surface area contributed by atoms with Crippen molar-refractivity contribution in [3.63, 3.8) is 0 Å². The van der Waals surface area contributed by atoms with E-state index >= 15 is 0 Å². The van der Waals surface area contributed by atoms with Gasteiger partial charge in [-0.15, -0.1) is 0 Å². The van der Waals surface area contributed by atoms with Crippen LogP contribution in [0.15, 0.2) is 29.2 Å². The molecular weight excluding hydrogens is 267 g/mol. The number of sulfone groups is 1. The van der Waals surface area contributed by atoms with Crippen LogP contribution >= 0.6 is 0 Å². The summed E-state index contributed by atoms with van der Waals surface area (Å²) in [5, 5.41) is 2.37. The highest BCUT2D eigenvalue weighted by atomic mass is 32.2. The van der Waals surface area contributed by atoms with E-state index in [1.807, 2.05) is 0 Å². The van der Waals surface area contributed by atoms with Crippen molar-refractivity contribution in [2.24, 2.45) is 0 Å². The zero-order valence-corrected chi connectivity index (χ0v) is 10.2. The number of hydrogen-bond donors (Lipinski definition) is 1. The zero-order chi connectivity index (χ0) is 13.4. The molecule has 0 radical (unpaired) electrons. The third-order valence-corrected chi connectivity index (χ3v) is 4.67. The van der Waals surface area contributed by atoms with Crippen molar-refractivity contribution in [3.8, 4) is 0 Å². The first kappa shape index (κ1) is 13.4. The van der Waals surface area contributed by atoms with E-state index in [0.717, 1.165) is 0 Å². The lowest BCUT2D eigenvalue weighted by Gasteiger charge is -2.26. The van der Waals surface area contributed by atoms with Gasteiger partial charge in [0.05, 0.1) is 17.2 Å². The Balaban J connectivity index is 2.26. The van der Waals surface area contributed by atoms with Gasteiger partial charge in [-0.25, -0.2) is 8.42 Å². The first-order chi connectivity index (χ1) is 8.30. The minimum absolute atomic E-state index is 0.125. The maximum Gasteiger partial charge on any atom is 0.401 e. The van der Waals surface area contributed by atoms with Crippen LogP contribution < -0.4 is 5.32 Å². The van der Waals surface area contributed by atoms with E-state index in [4.69, 9.17) is 0 Å². The number of benzene rings is 1. The molecule has 1 aliphatic rings. The van der Waals surface area contributed by atoms with E-state index < -0.39 is 28.6 Å². The first-order valence-electron chi connectivity index (χ1n) is 5.41. The second-order valence-corrected chi connectivity index (χ2v) is 6.27. The number of hydrogen-bond acceptors (Lipinski definition) is 3. The maximum absolute atomic E-state index is 12.2. The second-order valence-electron chi connectivity index (χ2n) is 4.19. The van der Waals surface area contributed by atoms with Crippen molar-refractivity contribution in [1.82, 2.24) is 5.32 Å². The molecule has 0 bridgehead atoms. The molecule has 0 aliphatic carbocycles. The van der Waals surface area contributed by atoms with Gasteiger partial charge in [-0.05, 0) is 18.1 Å². The summed E-state index contributed by atoms with van der Waals surface area (Å²) in [5.41, 5.74) is 0.424. The van der Waals surface area contributed by atoms with Gasteiger partial charge in [0.1, 0.15) is 0 Å². The molecule has 0 spiro atoms. The molecule has 2 rings (SSSR count). The smallest absolute Gasteiger partial charge is 0.302 e. The van der Waals surface area contributed by atoms with Crippen molar-refractivity contribution in [2.45, 2.75) is 23.5 Å². The summed E-state index contributed by atoms with van der Waals surface area (Å²) in [6, 6.07) is 5.63. The van der Waals surface area contributed by atoms with Crippen molar-refractivity contribution in [1.29, 1.82) is 0 Å². The maximum atomic E-state index is 12.2. The number of fused-ring (bicyclic) bond motifs is 1. The molecule has 1 aliphatic heterocycles. The number of alkyl halides is 3. The molecule has 0 aromatic heterocycles. The molecule has 0 fully saturated rings. The van der Waals surface area contributed by atoms with Crippen molar-refractivity contribution >= 4 is 9.84 Å². The predicted octanol–water partition coefficient (Wildman–Crippen LogP) is 2.06. The van der Waals surface area contributed by atoms with Gasteiger partial charge in [0.25, 0.3) is 0 Å². The molecule has 3 nitrogen and oxygen atoms in total. The number of rotatable bonds is 2. The lowest BCUT2D eigenvalue weighted by Crippen LogP contribution is -2.35. The summed E-state index contributed by atoms with van der Waals surface area (Å²) in [5.74, 6) is -0.125. The molecule has 0 saturated heterocycles. The zero-order valence-electron chi connectivity index (χ0n) is 9.37. The Morgan fingerprint density at radius 3 is 2.61 bits per heavy atom. The van der Waals surface area contributed by atoms with Crippen LogP contribution in [0, 0.1) is 0 Å². The van der Waals surface area contributed by atoms with Crippen molar-refractivity contribution < 1.29 is 21.6 Å². The topological polar surface area (TPSA) is 46.2 Å². The van der Waals surface area contributed by atoms with Gasteiger partial charge >= 0.3 is 6.18 Å². The summed E-state index contributed by atoms with van der Waals surface area (Å²) in [6.07, 6.45) is -4.14. The number of halogens is 3. The third-order valence-electron chi connectivity index (χ3n) is 2.85. The summed E-state index contributed by atoms with van der Waals surface area (Å²) in [7, 11) is -3.35. The van der Waals surface area contributed by atoms with E-state index in [2.05, 4.69) is 5.32 Å². The summed E-state index contributed by atoms with van der Waals surface area (Å²) in [4.78, 5) is 0.135. The van der Waals surface area contributed by atoms with Crippen LogP contribution in [0.4, 0.5) is 13.2 Å². The minimum atomic E-state index is -4.30. The molecule has 1 aromatic carbocycles. The van der Waals surface area contributed by atoms with Crippen LogP contribution in [0.3, 0.4) is 0 Å². The fraction of sp³-hybridized carbons (Fsp3) is 0.455. The van der Waals surface area contributed by atoms with Crippen LogP contribution in [0.25, 0.3) is 0 Å². The van der Waals surface area contributed by atoms with Crippen LogP contribution in [-0.2, 0) is 9.84 Å². The Bertz CT molecular complexity index is 539. The van der Waals surface area contributed by atoms with Gasteiger partial charge in [0, 0.05) is 6.04 Å². The SMILES string of the molecule is O=S1(=O)CCC(NCC(F)(F)F)c2ccccc21. The average Bonchev–Trinajstić information content (AvgIpc) is 2.27. The Hall–Kier alpha value is -1.08. The van der Waals surface area contributed by atoms with E-state index in [1.165, 1.54) is 6.07 Å². The quantitative estimate of drug-likeness (QED) is 0.901. The normalized spacial score (nSPS) is 22.5. The number of nitrogens with one attached hydrogen (secondary N) is 1. The van der Waals surface area contributed by atoms with E-state index in [9.17, 15) is 21.6 Å². The molecule has 7 heteroatoms. The van der Waals surface area contributed by atoms with Gasteiger partial charge in [-0.2, -0.15) is 13.2 Å². The Morgan fingerprint density at radius 2 is 1.94 bits per heavy atom. The Morgan fingerprint density at radius 1 is 1.28 bits per heavy atom. The van der Waals surface area contributed by atoms with Crippen LogP contribution in [0.2, 0.25) is 0 Å². The van der Waals surface area contributed by atoms with Gasteiger partial charge in [0.2, 0.25) is 0 Å². The standard InChI is InChI=1S/C11H12F3NO2S/c12-11(13,14)7-15-9-5-6-18(16,17)10-4-2-1-3-8(9)10/h1-4,9,15H,5-7H2. The molecule has 1 N–H and O–H groups in total. The van der Waals surface area contributed by atoms with E-state index in [1.54, 1.807) is 18.2 Å². The van der Waals surface area contributed by atoms with Gasteiger partial charge in [-0.3, -0.25) is 0 Å². The monoisotopic (exact) mass is 279 g/mol. The highest BCUT2D eigenvalue weighted by Crippen LogP contribution is 2.32. The lowest BCUT2D eigenvalue weighted by molar-refractivity contribution is -0.126. The molecule has 0 saturated carbocycles. The highest BCUT2D eigenvalue weighted by molar-refractivity contribution is 7.91. The fourth-order valence-corrected chi connectivity index (χ4v) is 3.66. The summed E-state index contributed by atoms with van der Waals surface area (Å²) in [6.45, 7) is -1.12. The molecule has 18 heavy (non-hydrogen) atoms. The van der Waals surface area contributed by atoms with Gasteiger partial charge in [0.15, 0.2) is 9.84 Å². The molecule has 1 aromatic rings. The molecule has 0 amide bonds. The Kier molecular flexibility index (Phi) is 3.37. The molecular formula is C11H12F3NO2S. The van der Waals surface area contributed by atoms with Crippen molar-refractivity contribution in [2.75, 3.05) is 12.3 Å². The van der Waals surface area contributed by atoms with Crippen LogP contribution in [0.1, 0.15) is 18.0 Å². The summed E-state index contributed by atoms with van der Waals surface area (Å²) >= 11 is 0. The largest absolute Gasteiger partial charge is 0.401 e. The highest BCUT2D eigenvalue weighted by Gasteiger charge is 2.33. The van der Waals surface area contributed by atoms with Crippen LogP contribution in [0.5, 0.6) is 0 Å². The fourth-order valence-electron chi connectivity index (χ4n) is 2.04. The van der Waals surface area contributed by atoms with E-state index in [0.29, 0.717) is 5.56 Å². The predicted molar refractivity (Wildman–Crippen MR) is 59.9 cm³/mol. The molecule has 100 valence electrons. The third kappa shape index (κ3) is 2.84. The van der Waals surface area contributed by atoms with Crippen molar-refractivity contribution in [3.05, 3.63) is 29.8 Å². The minimum Gasteiger partial charge on any atom is -0.302 e. The van der Waals surface area contributed by atoms with Gasteiger partial charge in [-0.1, -0.05) is 18.2 Å². The second kappa shape index (κ2) is 4.55. The molecule has 1 heterocycles. The molecule has 1 unspecified atom stereocenters. The Labute approximate surface area is 103 Å². The molecule has 1 atom stereocenters. The lowest BCUT2D eigenvalue weighted by atomic mass is 10.0. The van der Waals surface area contributed by atoms with Gasteiger partial charge < -0.3 is 5.32 Å². The summed E-state index contributed by atoms with van der Waals surface area (Å²) < 4.78 is 60.0.